The van der Waals surface area contributed by atoms with Gasteiger partial charge in [-0.3, -0.25) is 19.6 Å². The number of alkyl halides is 1. The molecule has 0 amide bonds. The normalized spacial score (nSPS) is 28.2. The summed E-state index contributed by atoms with van der Waals surface area (Å²) in [5.41, 5.74) is 12.0. The Kier molecular flexibility index (Phi) is 8.64. The van der Waals surface area contributed by atoms with Crippen LogP contribution in [-0.4, -0.2) is 82.7 Å². The number of hydrogen-bond donors (Lipinski definition) is 4. The van der Waals surface area contributed by atoms with E-state index < -0.39 is 30.2 Å². The van der Waals surface area contributed by atoms with Crippen LogP contribution in [0.25, 0.3) is 22.2 Å². The molecule has 2 aliphatic heterocycles. The van der Waals surface area contributed by atoms with Gasteiger partial charge in [-0.2, -0.15) is 4.98 Å². The summed E-state index contributed by atoms with van der Waals surface area (Å²) in [6, 6.07) is 1.89. The Morgan fingerprint density at radius 3 is 2.81 bits per heavy atom. The van der Waals surface area contributed by atoms with Crippen LogP contribution in [0.3, 0.4) is 0 Å². The second-order valence-electron chi connectivity index (χ2n) is 10.4. The third-order valence-corrected chi connectivity index (χ3v) is 9.36. The number of fused-ring (bicyclic) bond motifs is 2. The molecule has 4 aromatic heterocycles. The van der Waals surface area contributed by atoms with Crippen LogP contribution in [0.15, 0.2) is 29.7 Å². The van der Waals surface area contributed by atoms with Gasteiger partial charge in [0.1, 0.15) is 24.0 Å². The first kappa shape index (κ1) is 29.2. The second-order valence-corrected chi connectivity index (χ2v) is 12.2. The van der Waals surface area contributed by atoms with Crippen LogP contribution in [0.5, 0.6) is 0 Å². The lowest BCUT2D eigenvalue weighted by molar-refractivity contribution is -0.300. The Labute approximate surface area is 242 Å². The summed E-state index contributed by atoms with van der Waals surface area (Å²) in [7, 11) is 2.85. The molecule has 0 saturated carbocycles. The van der Waals surface area contributed by atoms with Crippen LogP contribution in [0.4, 0.5) is 16.2 Å². The van der Waals surface area contributed by atoms with E-state index in [1.807, 2.05) is 16.8 Å². The van der Waals surface area contributed by atoms with Crippen LogP contribution < -0.4 is 17.0 Å². The minimum Gasteiger partial charge on any atom is -0.383 e. The number of anilines is 2. The smallest absolute Gasteiger partial charge is 0.280 e. The summed E-state index contributed by atoms with van der Waals surface area (Å²) < 4.78 is 36.3. The van der Waals surface area contributed by atoms with Crippen molar-refractivity contribution >= 4 is 52.0 Å². The molecule has 2 saturated heterocycles. The van der Waals surface area contributed by atoms with Crippen LogP contribution in [0.2, 0.25) is 0 Å². The second kappa shape index (κ2) is 12.4. The molecule has 4 aromatic rings. The monoisotopic (exact) mass is 623 g/mol. The predicted molar refractivity (Wildman–Crippen MR) is 156 cm³/mol. The van der Waals surface area contributed by atoms with Crippen molar-refractivity contribution in [2.24, 2.45) is 5.92 Å². The topological polar surface area (TPSA) is 203 Å². The van der Waals surface area contributed by atoms with Crippen molar-refractivity contribution in [2.75, 3.05) is 30.4 Å². The first-order valence-electron chi connectivity index (χ1n) is 13.5. The van der Waals surface area contributed by atoms with Gasteiger partial charge in [-0.05, 0) is 43.6 Å². The van der Waals surface area contributed by atoms with E-state index >= 15 is 4.39 Å². The van der Waals surface area contributed by atoms with Gasteiger partial charge in [-0.15, -0.1) is 8.58 Å². The zero-order valence-electron chi connectivity index (χ0n) is 22.4. The maximum atomic E-state index is 15.3. The van der Waals surface area contributed by atoms with Gasteiger partial charge in [0.15, 0.2) is 29.7 Å². The number of nitrogen functional groups attached to an aromatic ring is 2. The number of H-pyrrole nitrogens is 1. The third-order valence-electron chi connectivity index (χ3n) is 7.88. The van der Waals surface area contributed by atoms with E-state index in [2.05, 4.69) is 39.3 Å². The Hall–Kier alpha value is -2.84. The third kappa shape index (κ3) is 5.48. The number of hydrogen-bond acceptors (Lipinski definition) is 12. The molecule has 2 unspecified atom stereocenters. The average molecular weight is 624 g/mol. The van der Waals surface area contributed by atoms with E-state index in [0.717, 1.165) is 36.2 Å². The molecule has 15 nitrogen and oxygen atoms in total. The lowest BCUT2D eigenvalue weighted by Gasteiger charge is -2.18. The van der Waals surface area contributed by atoms with E-state index in [1.165, 1.54) is 17.2 Å². The summed E-state index contributed by atoms with van der Waals surface area (Å²) in [5, 5.41) is 10.3. The van der Waals surface area contributed by atoms with Crippen molar-refractivity contribution in [3.05, 3.63) is 35.3 Å². The Morgan fingerprint density at radius 2 is 2.00 bits per heavy atom. The first-order chi connectivity index (χ1) is 20.4. The Bertz CT molecular complexity index is 1600. The molecule has 6 rings (SSSR count). The van der Waals surface area contributed by atoms with Crippen molar-refractivity contribution in [1.82, 2.24) is 34.1 Å². The number of rotatable bonds is 11. The molecule has 6 N–H and O–H groups in total. The molecule has 9 atom stereocenters. The quantitative estimate of drug-likeness (QED) is 0.0820. The Balaban J connectivity index is 1.04. The van der Waals surface area contributed by atoms with Crippen LogP contribution in [0, 0.1) is 5.92 Å². The number of halogens is 1. The summed E-state index contributed by atoms with van der Waals surface area (Å²) in [5.74, 6) is 0.582. The summed E-state index contributed by atoms with van der Waals surface area (Å²) in [6.07, 6.45) is 3.41. The highest BCUT2D eigenvalue weighted by Gasteiger charge is 2.48. The van der Waals surface area contributed by atoms with Crippen molar-refractivity contribution in [3.63, 3.8) is 0 Å². The lowest BCUT2D eigenvalue weighted by atomic mass is 9.98. The van der Waals surface area contributed by atoms with Crippen LogP contribution in [0.1, 0.15) is 31.7 Å². The Morgan fingerprint density at radius 1 is 1.17 bits per heavy atom. The lowest BCUT2D eigenvalue weighted by Crippen LogP contribution is -2.30. The maximum Gasteiger partial charge on any atom is 0.280 e. The highest BCUT2D eigenvalue weighted by molar-refractivity contribution is 7.37. The number of ether oxygens (including phenoxy) is 2. The minimum absolute atomic E-state index is 0.0238. The van der Waals surface area contributed by atoms with Gasteiger partial charge >= 0.3 is 0 Å². The summed E-state index contributed by atoms with van der Waals surface area (Å²) in [4.78, 5) is 35.5. The van der Waals surface area contributed by atoms with Gasteiger partial charge in [0.25, 0.3) is 5.56 Å². The number of aromatic nitrogens is 7. The fourth-order valence-electron chi connectivity index (χ4n) is 5.80. The largest absolute Gasteiger partial charge is 0.383 e. The highest BCUT2D eigenvalue weighted by atomic mass is 31.1. The molecule has 2 aliphatic rings. The SMILES string of the molecule is Nc1nc2c(ncn2[C@@H]2O[C@H](CCPCC[C@H]3C[C@H](n4ccc5c(N)ncnc54)O[C@@H]3COP)[C@@H](F)[C@H]2OO)c(=O)[nH]1. The van der Waals surface area contributed by atoms with E-state index in [-0.39, 0.29) is 35.4 Å². The first-order valence-corrected chi connectivity index (χ1v) is 15.3. The van der Waals surface area contributed by atoms with E-state index in [9.17, 15) is 10.1 Å². The van der Waals surface area contributed by atoms with Crippen LogP contribution in [-0.2, 0) is 18.9 Å². The number of nitrogens with zero attached hydrogens (tertiary/aromatic N) is 6. The van der Waals surface area contributed by atoms with Crippen molar-refractivity contribution in [2.45, 2.75) is 56.2 Å². The van der Waals surface area contributed by atoms with Crippen molar-refractivity contribution in [1.29, 1.82) is 0 Å². The number of aromatic amines is 1. The van der Waals surface area contributed by atoms with Gasteiger partial charge < -0.3 is 30.0 Å². The molecule has 0 bridgehead atoms. The molecule has 42 heavy (non-hydrogen) atoms. The molecule has 0 aliphatic carbocycles. The highest BCUT2D eigenvalue weighted by Crippen LogP contribution is 2.40. The fourth-order valence-corrected chi connectivity index (χ4v) is 7.31. The zero-order chi connectivity index (χ0) is 29.4. The molecule has 6 heterocycles. The molecular formula is C24H32FN9O6P2. The molecule has 18 heteroatoms. The van der Waals surface area contributed by atoms with Gasteiger partial charge in [-0.25, -0.2) is 24.2 Å². The predicted octanol–water partition coefficient (Wildman–Crippen LogP) is 1.99. The summed E-state index contributed by atoms with van der Waals surface area (Å²) in [6.45, 7) is 0.448. The molecule has 2 fully saturated rings. The molecule has 0 spiro atoms. The molecule has 226 valence electrons. The van der Waals surface area contributed by atoms with Crippen molar-refractivity contribution < 1.29 is 28.5 Å². The minimum atomic E-state index is -1.59. The number of imidazole rings is 1. The van der Waals surface area contributed by atoms with Gasteiger partial charge in [0, 0.05) is 15.7 Å². The molecule has 0 radical (unpaired) electrons. The summed E-state index contributed by atoms with van der Waals surface area (Å²) >= 11 is 0. The standard InChI is InChI=1S/C24H32FN9O6P2/c25-16-13(39-23(18(16)40-36)34-10-30-17-21(34)31-24(27)32-22(17)35)3-6-42-5-2-11-7-15(38-14(11)8-37-41)33-4-1-12-19(26)28-9-29-20(12)33/h1,4,9-11,13-16,18,23,36,42H,2-3,5-8,41H2,(H2,26,28,29)(H3,27,31,32,35)/t11-,13+,14+,15+,16+,18+,23+/m0/s1. The number of nitrogens with two attached hydrogens (primary N) is 2. The average Bonchev–Trinajstić information content (AvgIpc) is 3.74. The van der Waals surface area contributed by atoms with Crippen molar-refractivity contribution in [3.8, 4) is 0 Å². The zero-order valence-corrected chi connectivity index (χ0v) is 24.5. The number of nitrogens with one attached hydrogen (secondary N) is 1. The van der Waals surface area contributed by atoms with E-state index in [0.29, 0.717) is 27.4 Å². The fraction of sp³-hybridized carbons (Fsp3) is 0.542. The van der Waals surface area contributed by atoms with E-state index in [1.54, 1.807) is 0 Å². The molecule has 0 aromatic carbocycles. The van der Waals surface area contributed by atoms with Gasteiger partial charge in [0.2, 0.25) is 5.95 Å². The van der Waals surface area contributed by atoms with E-state index in [4.69, 9.17) is 25.5 Å². The van der Waals surface area contributed by atoms with Gasteiger partial charge in [-0.1, -0.05) is 0 Å². The van der Waals surface area contributed by atoms with Crippen LogP contribution >= 0.6 is 18.0 Å². The maximum absolute atomic E-state index is 15.3. The molecular weight excluding hydrogens is 591 g/mol. The van der Waals surface area contributed by atoms with Gasteiger partial charge in [0.05, 0.1) is 30.5 Å².